The average molecular weight is 747 g/mol. The number of fused-ring (bicyclic) bond motifs is 1. The Bertz CT molecular complexity index is 1340. The minimum Gasteiger partial charge on any atom is -0.455 e. The average Bonchev–Trinajstić information content (AvgIpc) is 3.69. The second kappa shape index (κ2) is 17.2. The number of halogens is 1. The molecule has 1 spiro atoms. The molecule has 3 saturated heterocycles. The minimum atomic E-state index is -1.32. The first-order valence-corrected chi connectivity index (χ1v) is 18.3. The highest BCUT2D eigenvalue weighted by Crippen LogP contribution is 2.61. The highest BCUT2D eigenvalue weighted by Gasteiger charge is 2.77. The Hall–Kier alpha value is -3.06. The van der Waals surface area contributed by atoms with Crippen LogP contribution in [0.4, 0.5) is 0 Å². The summed E-state index contributed by atoms with van der Waals surface area (Å²) in [5.41, 5.74) is -0.683. The van der Waals surface area contributed by atoms with Crippen LogP contribution in [0.25, 0.3) is 0 Å². The van der Waals surface area contributed by atoms with Gasteiger partial charge < -0.3 is 34.4 Å². The number of likely N-dealkylation sites (tertiary alicyclic amines) is 1. The fourth-order valence-electron chi connectivity index (χ4n) is 7.91. The van der Waals surface area contributed by atoms with E-state index in [1.807, 2.05) is 39.0 Å². The van der Waals surface area contributed by atoms with Gasteiger partial charge in [-0.2, -0.15) is 0 Å². The Labute approximate surface area is 298 Å². The van der Waals surface area contributed by atoms with Gasteiger partial charge in [-0.1, -0.05) is 78.7 Å². The molecule has 3 aliphatic heterocycles. The lowest BCUT2D eigenvalue weighted by molar-refractivity contribution is -0.163. The number of nitrogens with one attached hydrogen (secondary N) is 1. The number of hydrogen-bond donors (Lipinski definition) is 2. The van der Waals surface area contributed by atoms with Gasteiger partial charge in [-0.3, -0.25) is 19.2 Å². The SMILES string of the molecule is C=CCCC(=O)N[C@H](COC)[C@H](OC(=O)[C@H]1[C@@H]2O[C@@]3(CC2Br)[C@@H]1C(=O)N([C@@H](CC)CO)[C@@H]3C(=O)N(CC=C)C(C)CCC)c1ccccc1. The number of carbonyl (C=O) groups is 4. The van der Waals surface area contributed by atoms with Crippen LogP contribution in [-0.2, 0) is 33.4 Å². The van der Waals surface area contributed by atoms with Crippen molar-refractivity contribution in [1.29, 1.82) is 0 Å². The molecule has 2 bridgehead atoms. The Balaban J connectivity index is 1.75. The quantitative estimate of drug-likeness (QED) is 0.123. The van der Waals surface area contributed by atoms with E-state index < -0.39 is 59.6 Å². The number of esters is 1. The molecular formula is C37H52BrN3O8. The molecule has 10 atom stereocenters. The van der Waals surface area contributed by atoms with Crippen molar-refractivity contribution in [3.05, 3.63) is 61.2 Å². The van der Waals surface area contributed by atoms with Crippen LogP contribution in [0.2, 0.25) is 0 Å². The predicted molar refractivity (Wildman–Crippen MR) is 189 cm³/mol. The molecule has 11 nitrogen and oxygen atoms in total. The van der Waals surface area contributed by atoms with Gasteiger partial charge in [0.25, 0.3) is 0 Å². The fourth-order valence-corrected chi connectivity index (χ4v) is 8.85. The number of aliphatic hydroxyl groups is 1. The van der Waals surface area contributed by atoms with Crippen LogP contribution in [-0.4, -0.2) is 106 Å². The van der Waals surface area contributed by atoms with Crippen LogP contribution in [0.3, 0.4) is 0 Å². The summed E-state index contributed by atoms with van der Waals surface area (Å²) >= 11 is 3.73. The maximum atomic E-state index is 14.7. The third kappa shape index (κ3) is 7.67. The lowest BCUT2D eigenvalue weighted by Gasteiger charge is -2.40. The summed E-state index contributed by atoms with van der Waals surface area (Å²) in [6.45, 7) is 13.4. The smallest absolute Gasteiger partial charge is 0.313 e. The zero-order valence-corrected chi connectivity index (χ0v) is 30.7. The fraction of sp³-hybridized carbons (Fsp3) is 0.622. The van der Waals surface area contributed by atoms with E-state index in [1.165, 1.54) is 12.0 Å². The molecule has 2 unspecified atom stereocenters. The summed E-state index contributed by atoms with van der Waals surface area (Å²) in [7, 11) is 1.50. The molecule has 0 aliphatic carbocycles. The Morgan fingerprint density at radius 1 is 1.22 bits per heavy atom. The zero-order chi connectivity index (χ0) is 35.9. The molecule has 3 aliphatic rings. The van der Waals surface area contributed by atoms with Gasteiger partial charge in [0, 0.05) is 30.9 Å². The van der Waals surface area contributed by atoms with E-state index in [2.05, 4.69) is 34.4 Å². The van der Waals surface area contributed by atoms with Gasteiger partial charge in [0.2, 0.25) is 17.7 Å². The Morgan fingerprint density at radius 3 is 2.53 bits per heavy atom. The van der Waals surface area contributed by atoms with Crippen molar-refractivity contribution in [3.63, 3.8) is 0 Å². The highest BCUT2D eigenvalue weighted by molar-refractivity contribution is 9.09. The molecule has 49 heavy (non-hydrogen) atoms. The largest absolute Gasteiger partial charge is 0.455 e. The molecule has 0 radical (unpaired) electrons. The van der Waals surface area contributed by atoms with E-state index in [9.17, 15) is 24.3 Å². The number of allylic oxidation sites excluding steroid dienone is 1. The van der Waals surface area contributed by atoms with E-state index >= 15 is 0 Å². The molecule has 0 saturated carbocycles. The molecule has 270 valence electrons. The van der Waals surface area contributed by atoms with E-state index in [1.54, 1.807) is 29.2 Å². The number of carbonyl (C=O) groups excluding carboxylic acids is 4. The second-order valence-corrected chi connectivity index (χ2v) is 14.5. The molecule has 4 rings (SSSR count). The van der Waals surface area contributed by atoms with E-state index in [4.69, 9.17) is 14.2 Å². The van der Waals surface area contributed by atoms with E-state index in [0.29, 0.717) is 24.8 Å². The predicted octanol–water partition coefficient (Wildman–Crippen LogP) is 4.09. The number of methoxy groups -OCH3 is 1. The Kier molecular flexibility index (Phi) is 13.6. The van der Waals surface area contributed by atoms with Crippen molar-refractivity contribution >= 4 is 39.6 Å². The van der Waals surface area contributed by atoms with Gasteiger partial charge in [0.1, 0.15) is 17.7 Å². The first kappa shape index (κ1) is 38.7. The van der Waals surface area contributed by atoms with E-state index in [-0.39, 0.29) is 48.9 Å². The monoisotopic (exact) mass is 745 g/mol. The lowest BCUT2D eigenvalue weighted by Crippen LogP contribution is -2.60. The zero-order valence-electron chi connectivity index (χ0n) is 29.1. The number of benzene rings is 1. The van der Waals surface area contributed by atoms with Crippen LogP contribution in [0.1, 0.15) is 71.0 Å². The topological polar surface area (TPSA) is 135 Å². The number of aliphatic hydroxyl groups excluding tert-OH is 1. The maximum Gasteiger partial charge on any atom is 0.313 e. The molecule has 12 heteroatoms. The molecular weight excluding hydrogens is 694 g/mol. The summed E-state index contributed by atoms with van der Waals surface area (Å²) in [6, 6.07) is 6.48. The summed E-state index contributed by atoms with van der Waals surface area (Å²) in [6.07, 6.45) is 4.64. The summed E-state index contributed by atoms with van der Waals surface area (Å²) in [4.78, 5) is 59.5. The molecule has 3 fully saturated rings. The van der Waals surface area contributed by atoms with Crippen LogP contribution < -0.4 is 5.32 Å². The lowest BCUT2D eigenvalue weighted by atomic mass is 9.70. The third-order valence-electron chi connectivity index (χ3n) is 10.2. The van der Waals surface area contributed by atoms with E-state index in [0.717, 1.165) is 12.8 Å². The van der Waals surface area contributed by atoms with Gasteiger partial charge in [0.05, 0.1) is 43.2 Å². The van der Waals surface area contributed by atoms with Gasteiger partial charge in [0.15, 0.2) is 0 Å². The summed E-state index contributed by atoms with van der Waals surface area (Å²) in [5.74, 6) is -3.68. The minimum absolute atomic E-state index is 0.0543. The van der Waals surface area contributed by atoms with Crippen molar-refractivity contribution in [3.8, 4) is 0 Å². The van der Waals surface area contributed by atoms with Gasteiger partial charge in [-0.05, 0) is 38.2 Å². The Morgan fingerprint density at radius 2 is 1.94 bits per heavy atom. The van der Waals surface area contributed by atoms with Crippen LogP contribution >= 0.6 is 15.9 Å². The van der Waals surface area contributed by atoms with Crippen LogP contribution in [0.15, 0.2) is 55.6 Å². The number of nitrogens with zero attached hydrogens (tertiary/aromatic N) is 2. The third-order valence-corrected chi connectivity index (χ3v) is 11.0. The molecule has 3 heterocycles. The van der Waals surface area contributed by atoms with Crippen molar-refractivity contribution in [2.24, 2.45) is 11.8 Å². The van der Waals surface area contributed by atoms with Gasteiger partial charge in [-0.25, -0.2) is 0 Å². The number of alkyl halides is 1. The number of hydrogen-bond acceptors (Lipinski definition) is 8. The molecule has 1 aromatic rings. The molecule has 1 aromatic carbocycles. The number of amides is 3. The first-order chi connectivity index (χ1) is 23.5. The number of rotatable bonds is 19. The van der Waals surface area contributed by atoms with Gasteiger partial charge in [-0.15, -0.1) is 13.2 Å². The maximum absolute atomic E-state index is 14.7. The van der Waals surface area contributed by atoms with Crippen molar-refractivity contribution < 1.29 is 38.5 Å². The number of ether oxygens (including phenoxy) is 3. The summed E-state index contributed by atoms with van der Waals surface area (Å²) in [5, 5.41) is 13.4. The molecule has 2 N–H and O–H groups in total. The normalized spacial score (nSPS) is 27.9. The van der Waals surface area contributed by atoms with Crippen molar-refractivity contribution in [2.45, 2.75) is 106 Å². The van der Waals surface area contributed by atoms with Crippen LogP contribution in [0, 0.1) is 11.8 Å². The van der Waals surface area contributed by atoms with Crippen LogP contribution in [0.5, 0.6) is 0 Å². The standard InChI is InChI=1S/C37H52BrN3O8/c1-7-11-18-28(43)39-27(22-47-6)31(24-16-13-12-14-17-24)48-36(46)29-30-34(44)41(25(10-4)21-42)33(37(30)20-26(38)32(29)49-37)35(45)40(19-9-3)23(5)15-8-2/h7,9,12-14,16-17,23,25-27,29-33,42H,1,3,8,10-11,15,18-22H2,2,4-6H3,(H,39,43)/t23?,25-,26?,27+,29+,30-,31+,32+,33+,37-/m0/s1. The second-order valence-electron chi connectivity index (χ2n) is 13.3. The highest BCUT2D eigenvalue weighted by atomic mass is 79.9. The van der Waals surface area contributed by atoms with Crippen molar-refractivity contribution in [1.82, 2.24) is 15.1 Å². The summed E-state index contributed by atoms with van der Waals surface area (Å²) < 4.78 is 18.5. The van der Waals surface area contributed by atoms with Crippen molar-refractivity contribution in [2.75, 3.05) is 26.9 Å². The first-order valence-electron chi connectivity index (χ1n) is 17.4. The molecule has 0 aromatic heterocycles. The van der Waals surface area contributed by atoms with Gasteiger partial charge >= 0.3 is 5.97 Å². The molecule has 3 amide bonds.